The Labute approximate surface area is 191 Å². The van der Waals surface area contributed by atoms with E-state index < -0.39 is 6.09 Å². The summed E-state index contributed by atoms with van der Waals surface area (Å²) in [7, 11) is 0. The van der Waals surface area contributed by atoms with Crippen LogP contribution in [0.15, 0.2) is 66.7 Å². The van der Waals surface area contributed by atoms with E-state index >= 15 is 0 Å². The molecule has 4 aromatic rings. The van der Waals surface area contributed by atoms with Crippen molar-refractivity contribution in [1.29, 1.82) is 5.26 Å². The molecule has 0 aliphatic heterocycles. The summed E-state index contributed by atoms with van der Waals surface area (Å²) in [5, 5.41) is 27.6. The molecule has 33 heavy (non-hydrogen) atoms. The van der Waals surface area contributed by atoms with Crippen molar-refractivity contribution in [2.45, 2.75) is 32.2 Å². The zero-order valence-electron chi connectivity index (χ0n) is 18.0. The summed E-state index contributed by atoms with van der Waals surface area (Å²) in [6, 6.07) is 23.5. The molecule has 8 nitrogen and oxygen atoms in total. The number of nitrogens with one attached hydrogen (secondary N) is 2. The van der Waals surface area contributed by atoms with E-state index in [1.807, 2.05) is 60.7 Å². The minimum atomic E-state index is -1.21. The fraction of sp³-hybridized carbons (Fsp3) is 0.200. The number of rotatable bonds is 6. The maximum Gasteiger partial charge on any atom is 0.411 e. The first-order chi connectivity index (χ1) is 16.1. The van der Waals surface area contributed by atoms with Gasteiger partial charge < -0.3 is 10.4 Å². The number of nitriles is 1. The van der Waals surface area contributed by atoms with Crippen LogP contribution in [-0.2, 0) is 13.0 Å². The van der Waals surface area contributed by atoms with Gasteiger partial charge in [0, 0.05) is 17.8 Å². The minimum absolute atomic E-state index is 0.0341. The van der Waals surface area contributed by atoms with Gasteiger partial charge in [-0.15, -0.1) is 5.10 Å². The fourth-order valence-corrected chi connectivity index (χ4v) is 3.20. The zero-order valence-corrected chi connectivity index (χ0v) is 18.0. The van der Waals surface area contributed by atoms with E-state index in [4.69, 9.17) is 10.4 Å². The molecule has 0 radical (unpaired) electrons. The summed E-state index contributed by atoms with van der Waals surface area (Å²) in [6.45, 7) is 0.628. The summed E-state index contributed by atoms with van der Waals surface area (Å²) in [6.07, 6.45) is 3.66. The Morgan fingerprint density at radius 2 is 1.79 bits per heavy atom. The second-order valence-corrected chi connectivity index (χ2v) is 7.65. The van der Waals surface area contributed by atoms with Crippen LogP contribution in [0.25, 0.3) is 16.9 Å². The van der Waals surface area contributed by atoms with Gasteiger partial charge in [-0.2, -0.15) is 10.2 Å². The molecule has 5 rings (SSSR count). The van der Waals surface area contributed by atoms with Gasteiger partial charge in [-0.3, -0.25) is 5.32 Å². The second-order valence-electron chi connectivity index (χ2n) is 7.65. The lowest BCUT2D eigenvalue weighted by molar-refractivity contribution is 0.209. The van der Waals surface area contributed by atoms with Crippen molar-refractivity contribution < 1.29 is 9.90 Å². The normalized spacial score (nSPS) is 11.7. The summed E-state index contributed by atoms with van der Waals surface area (Å²) in [5.41, 5.74) is 5.30. The van der Waals surface area contributed by atoms with Crippen molar-refractivity contribution in [3.63, 3.8) is 0 Å². The lowest BCUT2D eigenvalue weighted by atomic mass is 10.1. The number of anilines is 2. The Kier molecular flexibility index (Phi) is 6.81. The molecular weight excluding hydrogens is 416 g/mol. The summed E-state index contributed by atoms with van der Waals surface area (Å²) in [5.74, 6) is 0.0341. The second kappa shape index (κ2) is 10.3. The smallest absolute Gasteiger partial charge is 0.411 e. The van der Waals surface area contributed by atoms with Crippen LogP contribution in [0.2, 0.25) is 0 Å². The number of aromatic nitrogens is 3. The molecule has 0 saturated heterocycles. The molecular formula is C25H24N6O2. The number of fused-ring (bicyclic) bond motifs is 1. The van der Waals surface area contributed by atoms with Gasteiger partial charge in [0.15, 0.2) is 5.65 Å². The molecule has 0 spiro atoms. The first kappa shape index (κ1) is 21.8. The first-order valence-electron chi connectivity index (χ1n) is 10.8. The highest BCUT2D eigenvalue weighted by Crippen LogP contribution is 2.22. The number of carbonyl (C=O) groups is 1. The third kappa shape index (κ3) is 5.86. The van der Waals surface area contributed by atoms with Crippen molar-refractivity contribution in [2.24, 2.45) is 0 Å². The van der Waals surface area contributed by atoms with Crippen LogP contribution < -0.4 is 10.6 Å². The van der Waals surface area contributed by atoms with Gasteiger partial charge in [0.25, 0.3) is 5.95 Å². The minimum Gasteiger partial charge on any atom is -0.465 e. The molecule has 3 N–H and O–H groups in total. The van der Waals surface area contributed by atoms with Gasteiger partial charge in [0.1, 0.15) is 0 Å². The van der Waals surface area contributed by atoms with Crippen LogP contribution in [0.1, 0.15) is 30.4 Å². The predicted octanol–water partition coefficient (Wildman–Crippen LogP) is 5.33. The third-order valence-electron chi connectivity index (χ3n) is 4.95. The van der Waals surface area contributed by atoms with E-state index in [1.165, 1.54) is 19.3 Å². The molecule has 8 heteroatoms. The Morgan fingerprint density at radius 1 is 1.03 bits per heavy atom. The summed E-state index contributed by atoms with van der Waals surface area (Å²) < 4.78 is 1.61. The zero-order chi connectivity index (χ0) is 23.0. The first-order valence-corrected chi connectivity index (χ1v) is 10.8. The Morgan fingerprint density at radius 3 is 2.48 bits per heavy atom. The van der Waals surface area contributed by atoms with Crippen LogP contribution in [-0.4, -0.2) is 25.8 Å². The molecule has 1 aliphatic carbocycles. The molecule has 2 heterocycles. The quantitative estimate of drug-likeness (QED) is 0.373. The molecule has 166 valence electrons. The van der Waals surface area contributed by atoms with E-state index in [9.17, 15) is 4.79 Å². The maximum atomic E-state index is 10.8. The SMILES string of the molecule is C1CC1.N#CCc1ccccc1NCc1ccc(-c2cccc3nc(NC(=O)O)nn23)cc1. The molecule has 0 bridgehead atoms. The molecule has 0 atom stereocenters. The van der Waals surface area contributed by atoms with Gasteiger partial charge in [0.2, 0.25) is 0 Å². The van der Waals surface area contributed by atoms with Crippen molar-refractivity contribution in [3.8, 4) is 17.3 Å². The van der Waals surface area contributed by atoms with E-state index in [-0.39, 0.29) is 5.95 Å². The van der Waals surface area contributed by atoms with Crippen molar-refractivity contribution in [3.05, 3.63) is 77.9 Å². The van der Waals surface area contributed by atoms with Gasteiger partial charge in [0.05, 0.1) is 18.2 Å². The van der Waals surface area contributed by atoms with Crippen molar-refractivity contribution in [1.82, 2.24) is 14.6 Å². The molecule has 2 aromatic heterocycles. The highest BCUT2D eigenvalue weighted by atomic mass is 16.4. The number of amides is 1. The number of pyridine rings is 1. The van der Waals surface area contributed by atoms with Crippen LogP contribution >= 0.6 is 0 Å². The lowest BCUT2D eigenvalue weighted by Crippen LogP contribution is -2.08. The fourth-order valence-electron chi connectivity index (χ4n) is 3.20. The monoisotopic (exact) mass is 440 g/mol. The van der Waals surface area contributed by atoms with E-state index in [1.54, 1.807) is 10.6 Å². The van der Waals surface area contributed by atoms with Crippen LogP contribution in [0.3, 0.4) is 0 Å². The van der Waals surface area contributed by atoms with Gasteiger partial charge in [-0.1, -0.05) is 67.8 Å². The van der Waals surface area contributed by atoms with Crippen LogP contribution in [0.4, 0.5) is 16.4 Å². The lowest BCUT2D eigenvalue weighted by Gasteiger charge is -2.11. The van der Waals surface area contributed by atoms with Crippen molar-refractivity contribution in [2.75, 3.05) is 10.6 Å². The number of nitrogens with zero attached hydrogens (tertiary/aromatic N) is 4. The Bertz CT molecular complexity index is 1290. The molecule has 0 unspecified atom stereocenters. The maximum absolute atomic E-state index is 10.8. The number of benzene rings is 2. The summed E-state index contributed by atoms with van der Waals surface area (Å²) >= 11 is 0. The van der Waals surface area contributed by atoms with Crippen molar-refractivity contribution >= 4 is 23.4 Å². The Hall–Kier alpha value is -4.38. The highest BCUT2D eigenvalue weighted by molar-refractivity contribution is 5.80. The van der Waals surface area contributed by atoms with Gasteiger partial charge in [-0.05, 0) is 29.3 Å². The van der Waals surface area contributed by atoms with Crippen LogP contribution in [0, 0.1) is 11.3 Å². The number of hydrogen-bond donors (Lipinski definition) is 3. The van der Waals surface area contributed by atoms with Crippen LogP contribution in [0.5, 0.6) is 0 Å². The molecule has 2 aromatic carbocycles. The van der Waals surface area contributed by atoms with E-state index in [2.05, 4.69) is 26.8 Å². The summed E-state index contributed by atoms with van der Waals surface area (Å²) in [4.78, 5) is 15.0. The van der Waals surface area contributed by atoms with Gasteiger partial charge in [-0.25, -0.2) is 9.31 Å². The average molecular weight is 441 g/mol. The molecule has 1 aliphatic rings. The molecule has 1 saturated carbocycles. The van der Waals surface area contributed by atoms with E-state index in [0.717, 1.165) is 28.1 Å². The topological polar surface area (TPSA) is 115 Å². The average Bonchev–Trinajstić information content (AvgIpc) is 3.65. The van der Waals surface area contributed by atoms with Gasteiger partial charge >= 0.3 is 6.09 Å². The number of carboxylic acid groups (broad SMARTS) is 1. The molecule has 1 fully saturated rings. The van der Waals surface area contributed by atoms with E-state index in [0.29, 0.717) is 18.6 Å². The Balaban J connectivity index is 0.000000799. The highest BCUT2D eigenvalue weighted by Gasteiger charge is 2.10. The molecule has 1 amide bonds. The largest absolute Gasteiger partial charge is 0.465 e. The number of para-hydroxylation sites is 1. The number of hydrogen-bond acceptors (Lipinski definition) is 5. The predicted molar refractivity (Wildman–Crippen MR) is 127 cm³/mol. The third-order valence-corrected chi connectivity index (χ3v) is 4.95. The standard InChI is InChI=1S/C22H18N6O2.C3H6/c23-13-12-16-4-1-2-5-18(16)24-14-15-8-10-17(11-9-15)19-6-3-7-20-25-21(26-22(29)30)27-28(19)20;1-2-3-1/h1-11,24H,12,14H2,(H,26,27)(H,29,30);1-3H2.